The predicted molar refractivity (Wildman–Crippen MR) is 40.9 cm³/mol. The molecule has 2 aliphatic rings. The van der Waals surface area contributed by atoms with E-state index in [1.165, 1.54) is 0 Å². The molecule has 1 saturated heterocycles. The number of rotatable bonds is 0. The van der Waals surface area contributed by atoms with Gasteiger partial charge in [-0.25, -0.2) is 0 Å². The molecule has 1 saturated carbocycles. The Hall–Kier alpha value is -0.530. The van der Waals surface area contributed by atoms with Gasteiger partial charge in [0.25, 0.3) is 0 Å². The Morgan fingerprint density at radius 1 is 1.45 bits per heavy atom. The zero-order chi connectivity index (χ0) is 8.01. The van der Waals surface area contributed by atoms with Gasteiger partial charge < -0.3 is 4.74 Å². The second kappa shape index (κ2) is 2.23. The molecule has 62 valence electrons. The maximum absolute atomic E-state index is 10.9. The largest absolute Gasteiger partial charge is 0.462 e. The molecule has 0 N–H and O–H groups in total. The van der Waals surface area contributed by atoms with Crippen molar-refractivity contribution in [1.29, 1.82) is 0 Å². The van der Waals surface area contributed by atoms with E-state index in [1.807, 2.05) is 0 Å². The summed E-state index contributed by atoms with van der Waals surface area (Å²) in [6.07, 6.45) is 2.00. The maximum Gasteiger partial charge on any atom is 0.306 e. The van der Waals surface area contributed by atoms with Crippen molar-refractivity contribution in [3.8, 4) is 0 Å². The van der Waals surface area contributed by atoms with Crippen molar-refractivity contribution in [2.24, 2.45) is 17.8 Å². The molecule has 2 heteroatoms. The molecule has 0 amide bonds. The van der Waals surface area contributed by atoms with Gasteiger partial charge in [0.15, 0.2) is 0 Å². The standard InChI is InChI=1S/C9H14O2/c1-5-3-8-7(6(5)2)4-9(10)11-8/h5-8H,3-4H2,1-2H3/t5-,6+,7-,8+/m1/s1. The van der Waals surface area contributed by atoms with Gasteiger partial charge in [-0.2, -0.15) is 0 Å². The fourth-order valence-electron chi connectivity index (χ4n) is 2.38. The van der Waals surface area contributed by atoms with Gasteiger partial charge in [0.2, 0.25) is 0 Å². The Labute approximate surface area is 66.9 Å². The fraction of sp³-hybridized carbons (Fsp3) is 0.889. The Balaban J connectivity index is 2.13. The number of carbonyl (C=O) groups is 1. The Bertz CT molecular complexity index is 188. The molecule has 2 fully saturated rings. The summed E-state index contributed by atoms with van der Waals surface area (Å²) in [5, 5.41) is 0. The summed E-state index contributed by atoms with van der Waals surface area (Å²) in [5.41, 5.74) is 0. The summed E-state index contributed by atoms with van der Waals surface area (Å²) < 4.78 is 5.19. The van der Waals surface area contributed by atoms with Crippen LogP contribution in [-0.2, 0) is 9.53 Å². The van der Waals surface area contributed by atoms with E-state index in [2.05, 4.69) is 13.8 Å². The third kappa shape index (κ3) is 0.959. The van der Waals surface area contributed by atoms with Crippen LogP contribution < -0.4 is 0 Å². The fourth-order valence-corrected chi connectivity index (χ4v) is 2.38. The molecule has 0 radical (unpaired) electrons. The van der Waals surface area contributed by atoms with Crippen LogP contribution in [0.2, 0.25) is 0 Å². The molecule has 0 bridgehead atoms. The third-order valence-corrected chi connectivity index (χ3v) is 3.34. The predicted octanol–water partition coefficient (Wildman–Crippen LogP) is 1.59. The van der Waals surface area contributed by atoms with E-state index in [4.69, 9.17) is 4.74 Å². The van der Waals surface area contributed by atoms with Gasteiger partial charge in [-0.15, -0.1) is 0 Å². The lowest BCUT2D eigenvalue weighted by Gasteiger charge is -2.12. The highest BCUT2D eigenvalue weighted by Crippen LogP contribution is 2.44. The molecule has 2 rings (SSSR count). The summed E-state index contributed by atoms with van der Waals surface area (Å²) in [7, 11) is 0. The minimum absolute atomic E-state index is 0.0127. The first-order chi connectivity index (χ1) is 5.18. The molecule has 0 spiro atoms. The second-order valence-electron chi connectivity index (χ2n) is 3.97. The molecule has 0 aromatic heterocycles. The second-order valence-corrected chi connectivity index (χ2v) is 3.97. The first-order valence-corrected chi connectivity index (χ1v) is 4.38. The normalized spacial score (nSPS) is 49.1. The van der Waals surface area contributed by atoms with Crippen LogP contribution in [-0.4, -0.2) is 12.1 Å². The van der Waals surface area contributed by atoms with Crippen LogP contribution in [0.3, 0.4) is 0 Å². The lowest BCUT2D eigenvalue weighted by Crippen LogP contribution is -2.11. The molecule has 1 heterocycles. The summed E-state index contributed by atoms with van der Waals surface area (Å²) in [4.78, 5) is 10.9. The van der Waals surface area contributed by atoms with E-state index in [0.717, 1.165) is 12.3 Å². The van der Waals surface area contributed by atoms with Gasteiger partial charge in [-0.3, -0.25) is 4.79 Å². The minimum atomic E-state index is 0.0127. The van der Waals surface area contributed by atoms with E-state index >= 15 is 0 Å². The quantitative estimate of drug-likeness (QED) is 0.495. The van der Waals surface area contributed by atoms with E-state index < -0.39 is 0 Å². The minimum Gasteiger partial charge on any atom is -0.462 e. The summed E-state index contributed by atoms with van der Waals surface area (Å²) in [6.45, 7) is 4.48. The number of hydrogen-bond acceptors (Lipinski definition) is 2. The summed E-state index contributed by atoms with van der Waals surface area (Å²) in [5.74, 6) is 1.95. The molecule has 0 aromatic carbocycles. The van der Waals surface area contributed by atoms with Crippen molar-refractivity contribution in [3.63, 3.8) is 0 Å². The van der Waals surface area contributed by atoms with E-state index in [-0.39, 0.29) is 12.1 Å². The highest BCUT2D eigenvalue weighted by molar-refractivity contribution is 5.72. The molecule has 1 aliphatic heterocycles. The summed E-state index contributed by atoms with van der Waals surface area (Å²) in [6, 6.07) is 0. The SMILES string of the molecule is C[C@@H]1[C@H]2CC(=O)O[C@H]2C[C@H]1C. The van der Waals surface area contributed by atoms with E-state index in [1.54, 1.807) is 0 Å². The van der Waals surface area contributed by atoms with Crippen LogP contribution in [0.25, 0.3) is 0 Å². The molecule has 0 unspecified atom stereocenters. The van der Waals surface area contributed by atoms with Crippen molar-refractivity contribution in [2.75, 3.05) is 0 Å². The third-order valence-electron chi connectivity index (χ3n) is 3.34. The molecule has 2 nitrogen and oxygen atoms in total. The summed E-state index contributed by atoms with van der Waals surface area (Å²) >= 11 is 0. The van der Waals surface area contributed by atoms with Crippen LogP contribution in [0.1, 0.15) is 26.7 Å². The van der Waals surface area contributed by atoms with Gasteiger partial charge in [-0.1, -0.05) is 13.8 Å². The van der Waals surface area contributed by atoms with Crippen molar-refractivity contribution in [1.82, 2.24) is 0 Å². The number of hydrogen-bond donors (Lipinski definition) is 0. The van der Waals surface area contributed by atoms with Crippen molar-refractivity contribution < 1.29 is 9.53 Å². The molecular formula is C9H14O2. The zero-order valence-corrected chi connectivity index (χ0v) is 7.04. The smallest absolute Gasteiger partial charge is 0.306 e. The lowest BCUT2D eigenvalue weighted by molar-refractivity contribution is -0.141. The topological polar surface area (TPSA) is 26.3 Å². The molecule has 0 aromatic rings. The molecule has 1 aliphatic carbocycles. The van der Waals surface area contributed by atoms with E-state index in [9.17, 15) is 4.79 Å². The lowest BCUT2D eigenvalue weighted by atomic mass is 9.91. The average Bonchev–Trinajstić information content (AvgIpc) is 2.37. The Morgan fingerprint density at radius 2 is 2.18 bits per heavy atom. The van der Waals surface area contributed by atoms with Crippen LogP contribution in [0.4, 0.5) is 0 Å². The van der Waals surface area contributed by atoms with Crippen molar-refractivity contribution in [2.45, 2.75) is 32.8 Å². The van der Waals surface area contributed by atoms with Crippen LogP contribution >= 0.6 is 0 Å². The monoisotopic (exact) mass is 154 g/mol. The van der Waals surface area contributed by atoms with Gasteiger partial charge in [0.05, 0.1) is 6.42 Å². The Kier molecular flexibility index (Phi) is 1.44. The highest BCUT2D eigenvalue weighted by Gasteiger charge is 2.46. The number of fused-ring (bicyclic) bond motifs is 1. The van der Waals surface area contributed by atoms with Crippen molar-refractivity contribution >= 4 is 5.97 Å². The van der Waals surface area contributed by atoms with E-state index in [0.29, 0.717) is 18.3 Å². The number of ether oxygens (including phenoxy) is 1. The van der Waals surface area contributed by atoms with Gasteiger partial charge in [0.1, 0.15) is 6.10 Å². The molecule has 11 heavy (non-hydrogen) atoms. The average molecular weight is 154 g/mol. The highest BCUT2D eigenvalue weighted by atomic mass is 16.6. The zero-order valence-electron chi connectivity index (χ0n) is 7.04. The van der Waals surface area contributed by atoms with Gasteiger partial charge in [-0.05, 0) is 18.3 Å². The Morgan fingerprint density at radius 3 is 2.82 bits per heavy atom. The van der Waals surface area contributed by atoms with Crippen molar-refractivity contribution in [3.05, 3.63) is 0 Å². The van der Waals surface area contributed by atoms with Crippen LogP contribution in [0.15, 0.2) is 0 Å². The van der Waals surface area contributed by atoms with Gasteiger partial charge in [0, 0.05) is 5.92 Å². The molecule has 4 atom stereocenters. The number of carbonyl (C=O) groups excluding carboxylic acids is 1. The van der Waals surface area contributed by atoms with Crippen LogP contribution in [0, 0.1) is 17.8 Å². The maximum atomic E-state index is 10.9. The van der Waals surface area contributed by atoms with Gasteiger partial charge >= 0.3 is 5.97 Å². The number of esters is 1. The first-order valence-electron chi connectivity index (χ1n) is 4.38. The van der Waals surface area contributed by atoms with Crippen LogP contribution in [0.5, 0.6) is 0 Å². The first kappa shape index (κ1) is 7.14. The molecular weight excluding hydrogens is 140 g/mol.